The highest BCUT2D eigenvalue weighted by atomic mass is 32.2. The van der Waals surface area contributed by atoms with Crippen LogP contribution >= 0.6 is 11.8 Å². The average molecular weight is 251 g/mol. The van der Waals surface area contributed by atoms with Gasteiger partial charge < -0.3 is 5.32 Å². The third kappa shape index (κ3) is 1.49. The molecule has 88 valence electrons. The van der Waals surface area contributed by atoms with Crippen LogP contribution in [0.4, 0.5) is 11.4 Å². The molecule has 1 N–H and O–H groups in total. The molecule has 2 aliphatic rings. The first-order chi connectivity index (χ1) is 8.79. The molecular formula is C16H13NS. The zero-order valence-corrected chi connectivity index (χ0v) is 11.0. The summed E-state index contributed by atoms with van der Waals surface area (Å²) in [5.41, 5.74) is 6.59. The normalized spacial score (nSPS) is 14.7. The molecule has 18 heavy (non-hydrogen) atoms. The average Bonchev–Trinajstić information content (AvgIpc) is 2.80. The van der Waals surface area contributed by atoms with Gasteiger partial charge >= 0.3 is 0 Å². The van der Waals surface area contributed by atoms with E-state index in [0.717, 1.165) is 6.42 Å². The summed E-state index contributed by atoms with van der Waals surface area (Å²) in [4.78, 5) is 2.66. The van der Waals surface area contributed by atoms with Gasteiger partial charge in [-0.15, -0.1) is 0 Å². The predicted molar refractivity (Wildman–Crippen MR) is 77.8 cm³/mol. The van der Waals surface area contributed by atoms with Gasteiger partial charge in [-0.25, -0.2) is 0 Å². The number of nitrogens with one attached hydrogen (secondary N) is 1. The van der Waals surface area contributed by atoms with E-state index in [4.69, 9.17) is 0 Å². The second-order valence-corrected chi connectivity index (χ2v) is 5.96. The Balaban J connectivity index is 1.84. The molecule has 1 nitrogen and oxygen atoms in total. The van der Waals surface area contributed by atoms with Crippen LogP contribution in [0.2, 0.25) is 0 Å². The number of aryl methyl sites for hydroxylation is 1. The lowest BCUT2D eigenvalue weighted by atomic mass is 10.1. The van der Waals surface area contributed by atoms with Crippen molar-refractivity contribution < 1.29 is 0 Å². The Kier molecular flexibility index (Phi) is 2.09. The van der Waals surface area contributed by atoms with Crippen LogP contribution in [0.3, 0.4) is 0 Å². The van der Waals surface area contributed by atoms with Crippen molar-refractivity contribution in [3.8, 4) is 0 Å². The molecule has 2 aromatic carbocycles. The first kappa shape index (κ1) is 10.3. The first-order valence-electron chi connectivity index (χ1n) is 6.18. The second-order valence-electron chi connectivity index (χ2n) is 4.88. The van der Waals surface area contributed by atoms with Gasteiger partial charge in [-0.1, -0.05) is 30.0 Å². The van der Waals surface area contributed by atoms with Gasteiger partial charge in [-0.05, 0) is 54.3 Å². The minimum absolute atomic E-state index is 1.07. The molecule has 1 aliphatic heterocycles. The minimum atomic E-state index is 1.07. The molecule has 0 saturated heterocycles. The minimum Gasteiger partial charge on any atom is -0.354 e. The van der Waals surface area contributed by atoms with Gasteiger partial charge in [-0.2, -0.15) is 0 Å². The maximum Gasteiger partial charge on any atom is 0.0529 e. The van der Waals surface area contributed by atoms with Crippen LogP contribution in [-0.4, -0.2) is 0 Å². The summed E-state index contributed by atoms with van der Waals surface area (Å²) in [5, 5.41) is 3.55. The van der Waals surface area contributed by atoms with Crippen LogP contribution < -0.4 is 5.32 Å². The van der Waals surface area contributed by atoms with Gasteiger partial charge in [0.05, 0.1) is 11.4 Å². The molecule has 0 spiro atoms. The number of rotatable bonds is 0. The van der Waals surface area contributed by atoms with Crippen LogP contribution in [0.25, 0.3) is 6.08 Å². The predicted octanol–water partition coefficient (Wildman–Crippen LogP) is 4.77. The van der Waals surface area contributed by atoms with E-state index in [0.29, 0.717) is 0 Å². The second kappa shape index (κ2) is 3.66. The number of benzene rings is 2. The van der Waals surface area contributed by atoms with E-state index < -0.39 is 0 Å². The van der Waals surface area contributed by atoms with Crippen molar-refractivity contribution >= 4 is 29.2 Å². The fraction of sp³-hybridized carbons (Fsp3) is 0.125. The molecule has 0 aromatic heterocycles. The van der Waals surface area contributed by atoms with Crippen LogP contribution in [0.5, 0.6) is 0 Å². The van der Waals surface area contributed by atoms with Gasteiger partial charge in [0.25, 0.3) is 0 Å². The highest BCUT2D eigenvalue weighted by molar-refractivity contribution is 7.99. The standard InChI is InChI=1S/C16H13NS/c1-10-5-6-13-15(7-10)18-16-9-12-4-2-3-11(12)8-14(16)17-13/h2,4-9,17H,3H2,1H3. The number of allylic oxidation sites excluding steroid dienone is 1. The van der Waals surface area contributed by atoms with Crippen molar-refractivity contribution in [2.75, 3.05) is 5.32 Å². The zero-order chi connectivity index (χ0) is 12.1. The fourth-order valence-corrected chi connectivity index (χ4v) is 3.66. The quantitative estimate of drug-likeness (QED) is 0.617. The van der Waals surface area contributed by atoms with Gasteiger partial charge in [-0.3, -0.25) is 0 Å². The number of hydrogen-bond donors (Lipinski definition) is 1. The molecule has 1 heterocycles. The summed E-state index contributed by atoms with van der Waals surface area (Å²) >= 11 is 1.87. The van der Waals surface area contributed by atoms with E-state index in [-0.39, 0.29) is 0 Å². The van der Waals surface area contributed by atoms with Gasteiger partial charge in [0.2, 0.25) is 0 Å². The lowest BCUT2D eigenvalue weighted by Gasteiger charge is -2.22. The Labute approximate surface area is 111 Å². The molecule has 0 unspecified atom stereocenters. The molecule has 0 atom stereocenters. The third-order valence-electron chi connectivity index (χ3n) is 3.50. The van der Waals surface area contributed by atoms with Crippen LogP contribution in [0.15, 0.2) is 46.2 Å². The van der Waals surface area contributed by atoms with E-state index in [9.17, 15) is 0 Å². The van der Waals surface area contributed by atoms with Gasteiger partial charge in [0.1, 0.15) is 0 Å². The monoisotopic (exact) mass is 251 g/mol. The summed E-state index contributed by atoms with van der Waals surface area (Å²) in [7, 11) is 0. The lowest BCUT2D eigenvalue weighted by molar-refractivity contribution is 1.24. The van der Waals surface area contributed by atoms with Crippen molar-refractivity contribution in [3.63, 3.8) is 0 Å². The van der Waals surface area contributed by atoms with Crippen molar-refractivity contribution in [1.29, 1.82) is 0 Å². The SMILES string of the molecule is Cc1ccc2c(c1)Sc1cc3c(cc1N2)CC=C3. The molecule has 0 radical (unpaired) electrons. The summed E-state index contributed by atoms with van der Waals surface area (Å²) in [6, 6.07) is 11.2. The van der Waals surface area contributed by atoms with E-state index in [1.807, 2.05) is 11.8 Å². The van der Waals surface area contributed by atoms with Crippen molar-refractivity contribution in [1.82, 2.24) is 0 Å². The summed E-state index contributed by atoms with van der Waals surface area (Å²) in [5.74, 6) is 0. The summed E-state index contributed by atoms with van der Waals surface area (Å²) in [6.07, 6.45) is 5.52. The lowest BCUT2D eigenvalue weighted by Crippen LogP contribution is -2.01. The zero-order valence-electron chi connectivity index (χ0n) is 10.2. The topological polar surface area (TPSA) is 12.0 Å². The largest absolute Gasteiger partial charge is 0.354 e. The number of fused-ring (bicyclic) bond motifs is 3. The van der Waals surface area contributed by atoms with Gasteiger partial charge in [0.15, 0.2) is 0 Å². The smallest absolute Gasteiger partial charge is 0.0529 e. The molecule has 2 heteroatoms. The van der Waals surface area contributed by atoms with Crippen LogP contribution in [0, 0.1) is 6.92 Å². The summed E-state index contributed by atoms with van der Waals surface area (Å²) in [6.45, 7) is 2.14. The van der Waals surface area contributed by atoms with E-state index in [1.54, 1.807) is 0 Å². The number of hydrogen-bond acceptors (Lipinski definition) is 2. The van der Waals surface area contributed by atoms with Crippen molar-refractivity contribution in [3.05, 3.63) is 53.1 Å². The highest BCUT2D eigenvalue weighted by Gasteiger charge is 2.18. The molecule has 0 bridgehead atoms. The Morgan fingerprint density at radius 1 is 1.06 bits per heavy atom. The maximum absolute atomic E-state index is 3.55. The number of anilines is 2. The highest BCUT2D eigenvalue weighted by Crippen LogP contribution is 2.46. The maximum atomic E-state index is 3.55. The molecule has 1 aliphatic carbocycles. The van der Waals surface area contributed by atoms with E-state index in [2.05, 4.69) is 54.7 Å². The molecule has 0 saturated carbocycles. The molecule has 4 rings (SSSR count). The Bertz CT molecular complexity index is 686. The van der Waals surface area contributed by atoms with Crippen LogP contribution in [-0.2, 0) is 6.42 Å². The van der Waals surface area contributed by atoms with Crippen LogP contribution in [0.1, 0.15) is 16.7 Å². The molecular weight excluding hydrogens is 238 g/mol. The van der Waals surface area contributed by atoms with E-state index >= 15 is 0 Å². The summed E-state index contributed by atoms with van der Waals surface area (Å²) < 4.78 is 0. The Morgan fingerprint density at radius 3 is 2.89 bits per heavy atom. The van der Waals surface area contributed by atoms with E-state index in [1.165, 1.54) is 37.9 Å². The Morgan fingerprint density at radius 2 is 1.94 bits per heavy atom. The first-order valence-corrected chi connectivity index (χ1v) is 7.00. The Hall–Kier alpha value is -1.67. The molecule has 2 aromatic rings. The molecule has 0 fully saturated rings. The van der Waals surface area contributed by atoms with Crippen molar-refractivity contribution in [2.45, 2.75) is 23.1 Å². The fourth-order valence-electron chi connectivity index (χ4n) is 2.55. The van der Waals surface area contributed by atoms with Crippen molar-refractivity contribution in [2.24, 2.45) is 0 Å². The molecule has 0 amide bonds. The van der Waals surface area contributed by atoms with Gasteiger partial charge in [0, 0.05) is 9.79 Å². The third-order valence-corrected chi connectivity index (χ3v) is 4.62.